The Morgan fingerprint density at radius 2 is 1.66 bits per heavy atom. The second kappa shape index (κ2) is 12.5. The number of carbonyl (C=O) groups is 1. The number of aliphatic imine (C=N–C) groups is 2. The molecule has 0 radical (unpaired) electrons. The van der Waals surface area contributed by atoms with E-state index >= 15 is 0 Å². The number of guanidine groups is 2. The summed E-state index contributed by atoms with van der Waals surface area (Å²) in [6.07, 6.45) is 16.4. The summed E-state index contributed by atoms with van der Waals surface area (Å²) in [5, 5.41) is 2.79. The lowest BCUT2D eigenvalue weighted by Gasteiger charge is -2.35. The molecule has 3 rings (SSSR count). The summed E-state index contributed by atoms with van der Waals surface area (Å²) in [6, 6.07) is 1.05. The van der Waals surface area contributed by atoms with E-state index in [1.807, 2.05) is 31.1 Å². The minimum absolute atomic E-state index is 0.0701. The molecule has 1 aliphatic carbocycles. The van der Waals surface area contributed by atoms with Crippen LogP contribution in [0.5, 0.6) is 0 Å². The summed E-state index contributed by atoms with van der Waals surface area (Å²) >= 11 is 0. The van der Waals surface area contributed by atoms with E-state index in [9.17, 15) is 4.79 Å². The zero-order valence-electron chi connectivity index (χ0n) is 21.0. The lowest BCUT2D eigenvalue weighted by molar-refractivity contribution is -0.108. The molecular weight excluding hydrogens is 402 g/mol. The molecule has 180 valence electrons. The van der Waals surface area contributed by atoms with Crippen LogP contribution in [-0.2, 0) is 4.79 Å². The van der Waals surface area contributed by atoms with Crippen LogP contribution < -0.4 is 5.32 Å². The molecule has 0 bridgehead atoms. The minimum Gasteiger partial charge on any atom is -0.353 e. The third kappa shape index (κ3) is 5.45. The molecule has 1 saturated carbocycles. The number of hydrogen-bond acceptors (Lipinski definition) is 4. The zero-order chi connectivity index (χ0) is 23.7. The molecule has 2 atom stereocenters. The molecular formula is C24H43N7O. The van der Waals surface area contributed by atoms with Gasteiger partial charge in [-0.05, 0) is 39.5 Å². The molecule has 1 N–H and O–H groups in total. The van der Waals surface area contributed by atoms with Crippen molar-refractivity contribution >= 4 is 18.3 Å². The van der Waals surface area contributed by atoms with E-state index in [0.717, 1.165) is 12.8 Å². The summed E-state index contributed by atoms with van der Waals surface area (Å²) in [5.74, 6) is 1.08. The fourth-order valence-electron chi connectivity index (χ4n) is 4.87. The van der Waals surface area contributed by atoms with Crippen molar-refractivity contribution in [3.63, 3.8) is 0 Å². The van der Waals surface area contributed by atoms with Crippen LogP contribution in [0.15, 0.2) is 34.8 Å². The first-order valence-electron chi connectivity index (χ1n) is 12.3. The molecule has 8 heteroatoms. The van der Waals surface area contributed by atoms with Crippen molar-refractivity contribution in [3.8, 4) is 0 Å². The fraction of sp³-hybridized carbons (Fsp3) is 0.708. The molecule has 0 saturated heterocycles. The van der Waals surface area contributed by atoms with Gasteiger partial charge in [0.25, 0.3) is 0 Å². The monoisotopic (exact) mass is 445 g/mol. The molecule has 3 aliphatic rings. The van der Waals surface area contributed by atoms with Gasteiger partial charge < -0.3 is 9.80 Å². The Hall–Kier alpha value is -2.51. The van der Waals surface area contributed by atoms with Crippen LogP contribution in [0.3, 0.4) is 0 Å². The number of carbonyl (C=O) groups excluding carboxylic acids is 1. The van der Waals surface area contributed by atoms with Gasteiger partial charge in [0.05, 0.1) is 0 Å². The SMILES string of the molecule is CC.CCC(CC)N1C=CN(/C(=N/C(=NC)N2C=CN(C3CCCC3)C2C)NC=O)C1C. The first-order valence-corrected chi connectivity index (χ1v) is 12.3. The highest BCUT2D eigenvalue weighted by atomic mass is 16.1. The van der Waals surface area contributed by atoms with Crippen molar-refractivity contribution in [2.75, 3.05) is 7.05 Å². The van der Waals surface area contributed by atoms with Gasteiger partial charge in [0.1, 0.15) is 12.3 Å². The van der Waals surface area contributed by atoms with Crippen molar-refractivity contribution in [1.82, 2.24) is 24.9 Å². The van der Waals surface area contributed by atoms with Crippen molar-refractivity contribution in [2.24, 2.45) is 9.98 Å². The number of nitrogens with one attached hydrogen (secondary N) is 1. The van der Waals surface area contributed by atoms with Crippen LogP contribution >= 0.6 is 0 Å². The normalized spacial score (nSPS) is 24.0. The van der Waals surface area contributed by atoms with Crippen LogP contribution in [0.2, 0.25) is 0 Å². The third-order valence-electron chi connectivity index (χ3n) is 6.65. The Morgan fingerprint density at radius 3 is 2.22 bits per heavy atom. The summed E-state index contributed by atoms with van der Waals surface area (Å²) in [5.41, 5.74) is 0. The van der Waals surface area contributed by atoms with Gasteiger partial charge in [-0.15, -0.1) is 0 Å². The van der Waals surface area contributed by atoms with Gasteiger partial charge in [0, 0.05) is 43.9 Å². The predicted molar refractivity (Wildman–Crippen MR) is 133 cm³/mol. The largest absolute Gasteiger partial charge is 0.353 e. The zero-order valence-corrected chi connectivity index (χ0v) is 21.0. The summed E-state index contributed by atoms with van der Waals surface area (Å²) < 4.78 is 0. The average Bonchev–Trinajstić information content (AvgIpc) is 3.55. The Morgan fingerprint density at radius 1 is 1.03 bits per heavy atom. The topological polar surface area (TPSA) is 66.8 Å². The smallest absolute Gasteiger partial charge is 0.229 e. The van der Waals surface area contributed by atoms with E-state index in [-0.39, 0.29) is 12.3 Å². The molecule has 1 fully saturated rings. The van der Waals surface area contributed by atoms with Crippen LogP contribution in [0.1, 0.15) is 80.1 Å². The van der Waals surface area contributed by atoms with E-state index in [1.165, 1.54) is 25.7 Å². The number of rotatable bonds is 5. The molecule has 2 aliphatic heterocycles. The highest BCUT2D eigenvalue weighted by Gasteiger charge is 2.33. The molecule has 2 unspecified atom stereocenters. The average molecular weight is 446 g/mol. The maximum absolute atomic E-state index is 11.4. The van der Waals surface area contributed by atoms with Crippen molar-refractivity contribution < 1.29 is 4.79 Å². The lowest BCUT2D eigenvalue weighted by Crippen LogP contribution is -2.49. The molecule has 0 aromatic heterocycles. The molecule has 32 heavy (non-hydrogen) atoms. The Kier molecular flexibility index (Phi) is 10.1. The summed E-state index contributed by atoms with van der Waals surface area (Å²) in [7, 11) is 1.75. The van der Waals surface area contributed by atoms with Gasteiger partial charge >= 0.3 is 0 Å². The van der Waals surface area contributed by atoms with Crippen LogP contribution in [0.25, 0.3) is 0 Å². The van der Waals surface area contributed by atoms with Crippen molar-refractivity contribution in [1.29, 1.82) is 0 Å². The van der Waals surface area contributed by atoms with Crippen LogP contribution in [-0.4, -0.2) is 69.4 Å². The van der Waals surface area contributed by atoms with Crippen molar-refractivity contribution in [3.05, 3.63) is 24.8 Å². The van der Waals surface area contributed by atoms with E-state index < -0.39 is 0 Å². The van der Waals surface area contributed by atoms with Gasteiger partial charge in [0.2, 0.25) is 18.3 Å². The van der Waals surface area contributed by atoms with E-state index in [1.54, 1.807) is 7.05 Å². The highest BCUT2D eigenvalue weighted by Crippen LogP contribution is 2.29. The summed E-state index contributed by atoms with van der Waals surface area (Å²) in [6.45, 7) is 12.7. The Bertz CT molecular complexity index is 707. The van der Waals surface area contributed by atoms with Crippen molar-refractivity contribution in [2.45, 2.75) is 104 Å². The molecule has 0 aromatic carbocycles. The van der Waals surface area contributed by atoms with E-state index in [0.29, 0.717) is 30.4 Å². The number of amides is 1. The Balaban J connectivity index is 0.00000176. The molecule has 2 heterocycles. The number of hydrogen-bond donors (Lipinski definition) is 1. The predicted octanol–water partition coefficient (Wildman–Crippen LogP) is 4.10. The van der Waals surface area contributed by atoms with Gasteiger partial charge in [-0.25, -0.2) is 0 Å². The first-order chi connectivity index (χ1) is 15.5. The van der Waals surface area contributed by atoms with Gasteiger partial charge in [-0.2, -0.15) is 4.99 Å². The van der Waals surface area contributed by atoms with E-state index in [4.69, 9.17) is 4.99 Å². The second-order valence-corrected chi connectivity index (χ2v) is 8.20. The quantitative estimate of drug-likeness (QED) is 0.392. The van der Waals surface area contributed by atoms with Crippen LogP contribution in [0.4, 0.5) is 0 Å². The molecule has 0 aromatic rings. The fourth-order valence-corrected chi connectivity index (χ4v) is 4.87. The number of nitrogens with zero attached hydrogens (tertiary/aromatic N) is 6. The summed E-state index contributed by atoms with van der Waals surface area (Å²) in [4.78, 5) is 29.4. The van der Waals surface area contributed by atoms with Gasteiger partial charge in [-0.3, -0.25) is 24.9 Å². The maximum Gasteiger partial charge on any atom is 0.229 e. The molecule has 8 nitrogen and oxygen atoms in total. The second-order valence-electron chi connectivity index (χ2n) is 8.20. The lowest BCUT2D eigenvalue weighted by atomic mass is 10.1. The Labute approximate surface area is 194 Å². The van der Waals surface area contributed by atoms with E-state index in [2.05, 4.69) is 65.1 Å². The minimum atomic E-state index is 0.0701. The van der Waals surface area contributed by atoms with Crippen LogP contribution in [0, 0.1) is 0 Å². The van der Waals surface area contributed by atoms with Gasteiger partial charge in [0.15, 0.2) is 0 Å². The first kappa shape index (κ1) is 25.7. The molecule has 1 amide bonds. The standard InChI is InChI=1S/C22H37N7O.C2H6/c1-6-19(7-2)26-12-15-29(17(26)3)22(24-16-30)25-21(23-5)28-14-13-27(18(28)4)20-10-8-9-11-20;1-2/h12-20H,6-11H2,1-5H3,(H,23,24,25,30);1-2H3. The maximum atomic E-state index is 11.4. The highest BCUT2D eigenvalue weighted by molar-refractivity contribution is 5.99. The molecule has 0 spiro atoms. The third-order valence-corrected chi connectivity index (χ3v) is 6.65. The van der Waals surface area contributed by atoms with Gasteiger partial charge in [-0.1, -0.05) is 40.5 Å².